The summed E-state index contributed by atoms with van der Waals surface area (Å²) in [6.07, 6.45) is 1.69. The minimum absolute atomic E-state index is 0.126. The van der Waals surface area contributed by atoms with Crippen molar-refractivity contribution < 1.29 is 9.47 Å². The highest BCUT2D eigenvalue weighted by Gasteiger charge is 2.10. The first-order chi connectivity index (χ1) is 9.20. The molecule has 2 rings (SSSR count). The molecule has 0 saturated carbocycles. The summed E-state index contributed by atoms with van der Waals surface area (Å²) < 4.78 is 11.2. The highest BCUT2D eigenvalue weighted by molar-refractivity contribution is 5.37. The zero-order valence-corrected chi connectivity index (χ0v) is 11.2. The Bertz CT molecular complexity index is 541. The molecule has 0 radical (unpaired) electrons. The van der Waals surface area contributed by atoms with Crippen molar-refractivity contribution in [3.05, 3.63) is 48.2 Å². The van der Waals surface area contributed by atoms with Gasteiger partial charge in [0, 0.05) is 23.9 Å². The van der Waals surface area contributed by atoms with E-state index < -0.39 is 0 Å². The summed E-state index contributed by atoms with van der Waals surface area (Å²) in [5.74, 6) is 2.00. The zero-order chi connectivity index (χ0) is 13.7. The molecule has 2 N–H and O–H groups in total. The third kappa shape index (κ3) is 3.45. The molecule has 0 bridgehead atoms. The van der Waals surface area contributed by atoms with Crippen molar-refractivity contribution in [1.29, 1.82) is 0 Å². The van der Waals surface area contributed by atoms with Crippen LogP contribution in [0.25, 0.3) is 0 Å². The Morgan fingerprint density at radius 1 is 1.21 bits per heavy atom. The molecule has 0 spiro atoms. The second-order valence-electron chi connectivity index (χ2n) is 4.20. The molecule has 0 amide bonds. The van der Waals surface area contributed by atoms with E-state index >= 15 is 0 Å². The third-order valence-electron chi connectivity index (χ3n) is 2.62. The summed E-state index contributed by atoms with van der Waals surface area (Å²) >= 11 is 0. The van der Waals surface area contributed by atoms with Crippen LogP contribution in [-0.2, 0) is 0 Å². The van der Waals surface area contributed by atoms with Gasteiger partial charge in [-0.05, 0) is 32.0 Å². The molecule has 1 unspecified atom stereocenters. The van der Waals surface area contributed by atoms with E-state index in [1.807, 2.05) is 50.2 Å². The molecule has 1 heterocycles. The Morgan fingerprint density at radius 3 is 2.74 bits per heavy atom. The number of nitrogens with zero attached hydrogens (tertiary/aromatic N) is 1. The number of rotatable bonds is 5. The quantitative estimate of drug-likeness (QED) is 0.894. The standard InChI is InChI=1S/C15H18N2O2/c1-3-18-12-6-4-7-13(10-12)19-15-14(11(2)16)8-5-9-17-15/h4-11H,3,16H2,1-2H3. The molecule has 0 aliphatic carbocycles. The van der Waals surface area contributed by atoms with E-state index in [2.05, 4.69) is 4.98 Å². The first-order valence-electron chi connectivity index (χ1n) is 6.32. The Balaban J connectivity index is 2.23. The molecule has 0 saturated heterocycles. The second-order valence-corrected chi connectivity index (χ2v) is 4.20. The van der Waals surface area contributed by atoms with Crippen molar-refractivity contribution in [2.75, 3.05) is 6.61 Å². The van der Waals surface area contributed by atoms with E-state index in [1.165, 1.54) is 0 Å². The first kappa shape index (κ1) is 13.4. The molecule has 2 aromatic rings. The van der Waals surface area contributed by atoms with Crippen LogP contribution in [0.15, 0.2) is 42.6 Å². The van der Waals surface area contributed by atoms with Gasteiger partial charge in [-0.15, -0.1) is 0 Å². The minimum atomic E-state index is -0.126. The van der Waals surface area contributed by atoms with Crippen LogP contribution in [0.5, 0.6) is 17.4 Å². The lowest BCUT2D eigenvalue weighted by Gasteiger charge is -2.12. The molecule has 4 heteroatoms. The van der Waals surface area contributed by atoms with Gasteiger partial charge in [0.2, 0.25) is 5.88 Å². The Morgan fingerprint density at radius 2 is 2.00 bits per heavy atom. The van der Waals surface area contributed by atoms with Crippen molar-refractivity contribution in [1.82, 2.24) is 4.98 Å². The average molecular weight is 258 g/mol. The van der Waals surface area contributed by atoms with Crippen LogP contribution >= 0.6 is 0 Å². The summed E-state index contributed by atoms with van der Waals surface area (Å²) in [5, 5.41) is 0. The number of pyridine rings is 1. The maximum Gasteiger partial charge on any atom is 0.223 e. The SMILES string of the molecule is CCOc1cccc(Oc2ncccc2C(C)N)c1. The van der Waals surface area contributed by atoms with E-state index in [1.54, 1.807) is 6.20 Å². The van der Waals surface area contributed by atoms with Gasteiger partial charge in [-0.2, -0.15) is 0 Å². The molecule has 0 fully saturated rings. The van der Waals surface area contributed by atoms with Crippen molar-refractivity contribution in [3.63, 3.8) is 0 Å². The molecular formula is C15H18N2O2. The maximum atomic E-state index is 5.90. The molecule has 0 aliphatic heterocycles. The van der Waals surface area contributed by atoms with Gasteiger partial charge in [-0.1, -0.05) is 12.1 Å². The monoisotopic (exact) mass is 258 g/mol. The predicted octanol–water partition coefficient (Wildman–Crippen LogP) is 3.29. The minimum Gasteiger partial charge on any atom is -0.494 e. The maximum absolute atomic E-state index is 5.90. The van der Waals surface area contributed by atoms with Gasteiger partial charge >= 0.3 is 0 Å². The smallest absolute Gasteiger partial charge is 0.223 e. The van der Waals surface area contributed by atoms with Gasteiger partial charge < -0.3 is 15.2 Å². The molecule has 1 aromatic heterocycles. The molecule has 4 nitrogen and oxygen atoms in total. The molecule has 0 aliphatic rings. The highest BCUT2D eigenvalue weighted by atomic mass is 16.5. The fraction of sp³-hybridized carbons (Fsp3) is 0.267. The number of nitrogens with two attached hydrogens (primary N) is 1. The van der Waals surface area contributed by atoms with Crippen molar-refractivity contribution in [2.45, 2.75) is 19.9 Å². The molecular weight excluding hydrogens is 240 g/mol. The average Bonchev–Trinajstić information content (AvgIpc) is 2.40. The van der Waals surface area contributed by atoms with Gasteiger partial charge in [0.25, 0.3) is 0 Å². The van der Waals surface area contributed by atoms with Gasteiger partial charge in [0.1, 0.15) is 11.5 Å². The van der Waals surface area contributed by atoms with Crippen LogP contribution in [0.2, 0.25) is 0 Å². The largest absolute Gasteiger partial charge is 0.494 e. The number of benzene rings is 1. The van der Waals surface area contributed by atoms with E-state index in [-0.39, 0.29) is 6.04 Å². The third-order valence-corrected chi connectivity index (χ3v) is 2.62. The lowest BCUT2D eigenvalue weighted by Crippen LogP contribution is -2.07. The van der Waals surface area contributed by atoms with Crippen LogP contribution in [0.1, 0.15) is 25.5 Å². The Labute approximate surface area is 113 Å². The van der Waals surface area contributed by atoms with E-state index in [0.29, 0.717) is 18.2 Å². The Kier molecular flexibility index (Phi) is 4.36. The molecule has 100 valence electrons. The number of hydrogen-bond donors (Lipinski definition) is 1. The fourth-order valence-corrected chi connectivity index (χ4v) is 1.74. The second kappa shape index (κ2) is 6.20. The van der Waals surface area contributed by atoms with E-state index in [0.717, 1.165) is 11.3 Å². The van der Waals surface area contributed by atoms with Gasteiger partial charge in [0.15, 0.2) is 0 Å². The van der Waals surface area contributed by atoms with Crippen molar-refractivity contribution in [2.24, 2.45) is 5.73 Å². The summed E-state index contributed by atoms with van der Waals surface area (Å²) in [6, 6.07) is 11.1. The molecule has 1 atom stereocenters. The fourth-order valence-electron chi connectivity index (χ4n) is 1.74. The number of ether oxygens (including phenoxy) is 2. The Hall–Kier alpha value is -2.07. The van der Waals surface area contributed by atoms with Gasteiger partial charge in [0.05, 0.1) is 6.61 Å². The molecule has 19 heavy (non-hydrogen) atoms. The molecule has 1 aromatic carbocycles. The zero-order valence-electron chi connectivity index (χ0n) is 11.2. The van der Waals surface area contributed by atoms with Gasteiger partial charge in [-0.25, -0.2) is 4.98 Å². The van der Waals surface area contributed by atoms with Crippen LogP contribution in [-0.4, -0.2) is 11.6 Å². The number of aromatic nitrogens is 1. The topological polar surface area (TPSA) is 57.4 Å². The van der Waals surface area contributed by atoms with E-state index in [4.69, 9.17) is 15.2 Å². The van der Waals surface area contributed by atoms with Crippen LogP contribution in [0, 0.1) is 0 Å². The summed E-state index contributed by atoms with van der Waals surface area (Å²) in [7, 11) is 0. The summed E-state index contributed by atoms with van der Waals surface area (Å²) in [4.78, 5) is 4.23. The first-order valence-corrected chi connectivity index (χ1v) is 6.32. The number of hydrogen-bond acceptors (Lipinski definition) is 4. The van der Waals surface area contributed by atoms with Gasteiger partial charge in [-0.3, -0.25) is 0 Å². The lowest BCUT2D eigenvalue weighted by molar-refractivity contribution is 0.337. The lowest BCUT2D eigenvalue weighted by atomic mass is 10.1. The summed E-state index contributed by atoms with van der Waals surface area (Å²) in [6.45, 7) is 4.47. The summed E-state index contributed by atoms with van der Waals surface area (Å²) in [5.41, 5.74) is 6.78. The van der Waals surface area contributed by atoms with Crippen LogP contribution in [0.4, 0.5) is 0 Å². The van der Waals surface area contributed by atoms with Crippen LogP contribution < -0.4 is 15.2 Å². The van der Waals surface area contributed by atoms with Crippen LogP contribution in [0.3, 0.4) is 0 Å². The van der Waals surface area contributed by atoms with E-state index in [9.17, 15) is 0 Å². The predicted molar refractivity (Wildman–Crippen MR) is 74.5 cm³/mol. The highest BCUT2D eigenvalue weighted by Crippen LogP contribution is 2.28. The van der Waals surface area contributed by atoms with Crippen molar-refractivity contribution >= 4 is 0 Å². The normalized spacial score (nSPS) is 11.9. The van der Waals surface area contributed by atoms with Crippen molar-refractivity contribution in [3.8, 4) is 17.4 Å².